The molecule has 2 heterocycles. The number of imidazole rings is 1. The maximum Gasteiger partial charge on any atom is 0.320 e. The van der Waals surface area contributed by atoms with E-state index < -0.39 is 10.0 Å². The van der Waals surface area contributed by atoms with Gasteiger partial charge in [-0.2, -0.15) is 4.31 Å². The zero-order valence-corrected chi connectivity index (χ0v) is 17.6. The second kappa shape index (κ2) is 8.55. The number of piperazine rings is 1. The third-order valence-electron chi connectivity index (χ3n) is 5.13. The van der Waals surface area contributed by atoms with Crippen molar-refractivity contribution in [2.45, 2.75) is 11.8 Å². The van der Waals surface area contributed by atoms with E-state index in [1.807, 2.05) is 35.2 Å². The number of esters is 1. The van der Waals surface area contributed by atoms with Crippen molar-refractivity contribution in [2.75, 3.05) is 39.3 Å². The van der Waals surface area contributed by atoms with Gasteiger partial charge in [-0.05, 0) is 25.1 Å². The Balaban J connectivity index is 1.50. The van der Waals surface area contributed by atoms with E-state index in [0.29, 0.717) is 49.6 Å². The molecule has 1 aliphatic heterocycles. The number of H-pyrrole nitrogens is 1. The van der Waals surface area contributed by atoms with Crippen LogP contribution in [0.3, 0.4) is 0 Å². The topological polar surface area (TPSA) is 95.6 Å². The molecule has 0 radical (unpaired) electrons. The Kier molecular flexibility index (Phi) is 5.85. The Labute approximate surface area is 175 Å². The third kappa shape index (κ3) is 4.23. The number of sulfonamides is 1. The molecule has 9 heteroatoms. The molecule has 8 nitrogen and oxygen atoms in total. The molecule has 0 unspecified atom stereocenters. The summed E-state index contributed by atoms with van der Waals surface area (Å²) < 4.78 is 32.7. The van der Waals surface area contributed by atoms with Gasteiger partial charge in [-0.3, -0.25) is 9.69 Å². The fourth-order valence-electron chi connectivity index (χ4n) is 3.55. The summed E-state index contributed by atoms with van der Waals surface area (Å²) in [7, 11) is -3.63. The number of nitrogens with one attached hydrogen (secondary N) is 1. The van der Waals surface area contributed by atoms with Gasteiger partial charge < -0.3 is 9.72 Å². The van der Waals surface area contributed by atoms with Crippen molar-refractivity contribution in [1.29, 1.82) is 0 Å². The van der Waals surface area contributed by atoms with Crippen molar-refractivity contribution in [3.63, 3.8) is 0 Å². The monoisotopic (exact) mass is 428 g/mol. The molecular weight excluding hydrogens is 404 g/mol. The number of rotatable bonds is 6. The van der Waals surface area contributed by atoms with Crippen LogP contribution in [0.1, 0.15) is 6.92 Å². The number of benzene rings is 2. The molecule has 0 aliphatic carbocycles. The van der Waals surface area contributed by atoms with Crippen molar-refractivity contribution in [3.8, 4) is 11.4 Å². The molecule has 1 aliphatic rings. The van der Waals surface area contributed by atoms with E-state index in [9.17, 15) is 13.2 Å². The number of fused-ring (bicyclic) bond motifs is 1. The maximum absolute atomic E-state index is 13.1. The van der Waals surface area contributed by atoms with Crippen LogP contribution in [0.4, 0.5) is 0 Å². The Bertz CT molecular complexity index is 1140. The average Bonchev–Trinajstić information content (AvgIpc) is 3.18. The molecule has 0 atom stereocenters. The quantitative estimate of drug-likeness (QED) is 0.604. The molecule has 4 rings (SSSR count). The van der Waals surface area contributed by atoms with E-state index in [1.165, 1.54) is 4.31 Å². The van der Waals surface area contributed by atoms with Gasteiger partial charge in [-0.1, -0.05) is 30.3 Å². The summed E-state index contributed by atoms with van der Waals surface area (Å²) in [4.78, 5) is 21.6. The summed E-state index contributed by atoms with van der Waals surface area (Å²) in [6.45, 7) is 3.93. The van der Waals surface area contributed by atoms with Crippen molar-refractivity contribution < 1.29 is 17.9 Å². The highest BCUT2D eigenvalue weighted by Gasteiger charge is 2.29. The SMILES string of the molecule is CCOC(=O)CN1CCN(S(=O)(=O)c2ccc3nc(-c4ccccc4)[nH]c3c2)CC1. The Hall–Kier alpha value is -2.75. The number of hydrogen-bond acceptors (Lipinski definition) is 6. The minimum atomic E-state index is -3.63. The van der Waals surface area contributed by atoms with Gasteiger partial charge in [0.15, 0.2) is 0 Å². The first-order valence-corrected chi connectivity index (χ1v) is 11.3. The van der Waals surface area contributed by atoms with E-state index in [4.69, 9.17) is 4.74 Å². The first kappa shape index (κ1) is 20.5. The molecule has 158 valence electrons. The first-order valence-electron chi connectivity index (χ1n) is 9.90. The molecule has 0 saturated carbocycles. The van der Waals surface area contributed by atoms with Crippen LogP contribution in [0.2, 0.25) is 0 Å². The normalized spacial score (nSPS) is 16.0. The number of nitrogens with zero attached hydrogens (tertiary/aromatic N) is 3. The van der Waals surface area contributed by atoms with Crippen LogP contribution < -0.4 is 0 Å². The lowest BCUT2D eigenvalue weighted by Crippen LogP contribution is -2.49. The van der Waals surface area contributed by atoms with Crippen LogP contribution >= 0.6 is 0 Å². The van der Waals surface area contributed by atoms with Gasteiger partial charge in [0.25, 0.3) is 0 Å². The molecule has 30 heavy (non-hydrogen) atoms. The van der Waals surface area contributed by atoms with E-state index in [1.54, 1.807) is 25.1 Å². The fraction of sp³-hybridized carbons (Fsp3) is 0.333. The average molecular weight is 429 g/mol. The van der Waals surface area contributed by atoms with E-state index >= 15 is 0 Å². The van der Waals surface area contributed by atoms with Gasteiger partial charge in [0, 0.05) is 31.7 Å². The largest absolute Gasteiger partial charge is 0.465 e. The molecule has 1 N–H and O–H groups in total. The van der Waals surface area contributed by atoms with Gasteiger partial charge in [0.05, 0.1) is 29.1 Å². The van der Waals surface area contributed by atoms with Crippen LogP contribution in [0.25, 0.3) is 22.4 Å². The van der Waals surface area contributed by atoms with Crippen molar-refractivity contribution >= 4 is 27.0 Å². The highest BCUT2D eigenvalue weighted by molar-refractivity contribution is 7.89. The van der Waals surface area contributed by atoms with E-state index in [-0.39, 0.29) is 17.4 Å². The van der Waals surface area contributed by atoms with Gasteiger partial charge in [0.1, 0.15) is 5.82 Å². The third-order valence-corrected chi connectivity index (χ3v) is 7.02. The molecule has 0 bridgehead atoms. The van der Waals surface area contributed by atoms with Crippen molar-refractivity contribution in [1.82, 2.24) is 19.2 Å². The van der Waals surface area contributed by atoms with Gasteiger partial charge >= 0.3 is 5.97 Å². The molecule has 1 aromatic heterocycles. The summed E-state index contributed by atoms with van der Waals surface area (Å²) in [6.07, 6.45) is 0. The Morgan fingerprint density at radius 3 is 2.53 bits per heavy atom. The van der Waals surface area contributed by atoms with Crippen LogP contribution in [-0.4, -0.2) is 72.9 Å². The second-order valence-electron chi connectivity index (χ2n) is 7.12. The van der Waals surface area contributed by atoms with Gasteiger partial charge in [0.2, 0.25) is 10.0 Å². The van der Waals surface area contributed by atoms with Crippen LogP contribution in [0.15, 0.2) is 53.4 Å². The Morgan fingerprint density at radius 1 is 1.10 bits per heavy atom. The molecule has 1 saturated heterocycles. The van der Waals surface area contributed by atoms with Crippen LogP contribution in [0.5, 0.6) is 0 Å². The Morgan fingerprint density at radius 2 is 1.83 bits per heavy atom. The number of carbonyl (C=O) groups is 1. The molecule has 0 amide bonds. The zero-order chi connectivity index (χ0) is 21.1. The number of aromatic amines is 1. The molecule has 3 aromatic rings. The van der Waals surface area contributed by atoms with Gasteiger partial charge in [-0.15, -0.1) is 0 Å². The number of carbonyl (C=O) groups excluding carboxylic acids is 1. The molecular formula is C21H24N4O4S. The lowest BCUT2D eigenvalue weighted by Gasteiger charge is -2.33. The molecule has 0 spiro atoms. The summed E-state index contributed by atoms with van der Waals surface area (Å²) in [5.41, 5.74) is 2.33. The fourth-order valence-corrected chi connectivity index (χ4v) is 5.00. The lowest BCUT2D eigenvalue weighted by atomic mass is 10.2. The summed E-state index contributed by atoms with van der Waals surface area (Å²) in [6, 6.07) is 14.6. The maximum atomic E-state index is 13.1. The zero-order valence-electron chi connectivity index (χ0n) is 16.7. The number of aromatic nitrogens is 2. The molecule has 1 fully saturated rings. The predicted molar refractivity (Wildman–Crippen MR) is 113 cm³/mol. The van der Waals surface area contributed by atoms with E-state index in [0.717, 1.165) is 5.56 Å². The molecule has 2 aromatic carbocycles. The first-order chi connectivity index (χ1) is 14.5. The highest BCUT2D eigenvalue weighted by Crippen LogP contribution is 2.25. The van der Waals surface area contributed by atoms with E-state index in [2.05, 4.69) is 9.97 Å². The predicted octanol–water partition coefficient (Wildman–Crippen LogP) is 2.10. The number of hydrogen-bond donors (Lipinski definition) is 1. The summed E-state index contributed by atoms with van der Waals surface area (Å²) in [5.74, 6) is 0.417. The minimum absolute atomic E-state index is 0.185. The van der Waals surface area contributed by atoms with Crippen molar-refractivity contribution in [2.24, 2.45) is 0 Å². The standard InChI is InChI=1S/C21H24N4O4S/c1-2-29-20(26)15-24-10-12-25(13-11-24)30(27,28)17-8-9-18-19(14-17)23-21(22-18)16-6-4-3-5-7-16/h3-9,14H,2,10-13,15H2,1H3,(H,22,23). The highest BCUT2D eigenvalue weighted by atomic mass is 32.2. The van der Waals surface area contributed by atoms with Gasteiger partial charge in [-0.25, -0.2) is 13.4 Å². The minimum Gasteiger partial charge on any atom is -0.465 e. The van der Waals surface area contributed by atoms with Crippen LogP contribution in [-0.2, 0) is 19.6 Å². The number of ether oxygens (including phenoxy) is 1. The lowest BCUT2D eigenvalue weighted by molar-refractivity contribution is -0.144. The van der Waals surface area contributed by atoms with Crippen molar-refractivity contribution in [3.05, 3.63) is 48.5 Å². The smallest absolute Gasteiger partial charge is 0.320 e. The second-order valence-corrected chi connectivity index (χ2v) is 9.05. The van der Waals surface area contributed by atoms with Crippen LogP contribution in [0, 0.1) is 0 Å². The summed E-state index contributed by atoms with van der Waals surface area (Å²) >= 11 is 0. The summed E-state index contributed by atoms with van der Waals surface area (Å²) in [5, 5.41) is 0.